The molecule has 0 aliphatic rings. The number of primary amides is 1. The average molecular weight is 515 g/mol. The molecular formula is C24H21NO12. The molecule has 1 aromatic heterocycles. The summed E-state index contributed by atoms with van der Waals surface area (Å²) in [5, 5.41) is 19.1. The number of hydrogen-bond acceptors (Lipinski definition) is 11. The van der Waals surface area contributed by atoms with Crippen molar-refractivity contribution in [1.29, 1.82) is 0 Å². The Hall–Kier alpha value is -5.07. The van der Waals surface area contributed by atoms with Crippen molar-refractivity contribution in [2.75, 3.05) is 13.2 Å². The van der Waals surface area contributed by atoms with Gasteiger partial charge in [0.05, 0.1) is 18.6 Å². The summed E-state index contributed by atoms with van der Waals surface area (Å²) in [5.41, 5.74) is 3.33. The monoisotopic (exact) mass is 515 g/mol. The largest absolute Gasteiger partial charge is 0.513 e. The quantitative estimate of drug-likeness (QED) is 0.293. The molecule has 0 saturated carbocycles. The molecule has 0 aliphatic heterocycles. The fourth-order valence-corrected chi connectivity index (χ4v) is 3.36. The molecular weight excluding hydrogens is 494 g/mol. The molecule has 0 fully saturated rings. The van der Waals surface area contributed by atoms with Gasteiger partial charge in [0.2, 0.25) is 5.43 Å². The summed E-state index contributed by atoms with van der Waals surface area (Å²) in [7, 11) is 0. The predicted octanol–water partition coefficient (Wildman–Crippen LogP) is 2.88. The van der Waals surface area contributed by atoms with E-state index in [4.69, 9.17) is 29.1 Å². The second kappa shape index (κ2) is 11.1. The van der Waals surface area contributed by atoms with Crippen molar-refractivity contribution in [1.82, 2.24) is 0 Å². The van der Waals surface area contributed by atoms with E-state index in [1.54, 1.807) is 0 Å². The van der Waals surface area contributed by atoms with Crippen LogP contribution in [-0.4, -0.2) is 47.6 Å². The first kappa shape index (κ1) is 26.5. The van der Waals surface area contributed by atoms with Gasteiger partial charge in [-0.15, -0.1) is 0 Å². The third-order valence-electron chi connectivity index (χ3n) is 4.88. The van der Waals surface area contributed by atoms with Crippen LogP contribution in [0.5, 0.6) is 17.2 Å². The number of carboxylic acid groups (broad SMARTS) is 1. The number of phenols is 1. The van der Waals surface area contributed by atoms with Crippen LogP contribution in [0.1, 0.15) is 41.4 Å². The molecule has 2 aromatic carbocycles. The van der Waals surface area contributed by atoms with Gasteiger partial charge in [-0.1, -0.05) is 12.1 Å². The first-order valence-corrected chi connectivity index (χ1v) is 10.7. The van der Waals surface area contributed by atoms with Crippen LogP contribution in [0.2, 0.25) is 0 Å². The van der Waals surface area contributed by atoms with Gasteiger partial charge in [-0.05, 0) is 37.6 Å². The minimum atomic E-state index is -1.69. The molecule has 13 heteroatoms. The maximum Gasteiger partial charge on any atom is 0.513 e. The van der Waals surface area contributed by atoms with Crippen LogP contribution in [0.25, 0.3) is 11.0 Å². The summed E-state index contributed by atoms with van der Waals surface area (Å²) in [4.78, 5) is 61.6. The lowest BCUT2D eigenvalue weighted by atomic mass is 9.92. The number of benzene rings is 2. The molecule has 0 radical (unpaired) electrons. The van der Waals surface area contributed by atoms with Gasteiger partial charge in [-0.2, -0.15) is 0 Å². The summed E-state index contributed by atoms with van der Waals surface area (Å²) in [6, 6.07) is 6.85. The molecule has 1 atom stereocenters. The SMILES string of the molecule is CCOC(=O)Oc1cc2oc(C(C(=O)O)c3ccc(O)cc3)c(C(N)=O)c(=O)c2cc1OC(=O)OCC. The standard InChI is InChI=1S/C24H21NO12/c1-3-33-23(31)36-15-9-13-14(10-16(15)37-24(32)34-4-2)35-20(18(19(13)27)21(25)28)17(22(29)30)11-5-7-12(26)8-6-11/h5-10,17,26H,3-4H2,1-2H3,(H2,25,28)(H,29,30). The van der Waals surface area contributed by atoms with Crippen molar-refractivity contribution in [3.05, 3.63) is 63.5 Å². The molecule has 4 N–H and O–H groups in total. The Morgan fingerprint density at radius 1 is 0.946 bits per heavy atom. The van der Waals surface area contributed by atoms with E-state index < -0.39 is 58.4 Å². The van der Waals surface area contributed by atoms with Crippen molar-refractivity contribution in [2.45, 2.75) is 19.8 Å². The zero-order valence-corrected chi connectivity index (χ0v) is 19.5. The number of rotatable bonds is 8. The normalized spacial score (nSPS) is 11.4. The first-order valence-electron chi connectivity index (χ1n) is 10.7. The molecule has 1 unspecified atom stereocenters. The molecule has 1 amide bonds. The summed E-state index contributed by atoms with van der Waals surface area (Å²) >= 11 is 0. The highest BCUT2D eigenvalue weighted by Crippen LogP contribution is 2.36. The van der Waals surface area contributed by atoms with Gasteiger partial charge in [0.1, 0.15) is 28.6 Å². The fraction of sp³-hybridized carbons (Fsp3) is 0.208. The van der Waals surface area contributed by atoms with Gasteiger partial charge >= 0.3 is 18.3 Å². The third-order valence-corrected chi connectivity index (χ3v) is 4.88. The van der Waals surface area contributed by atoms with Crippen LogP contribution in [0.4, 0.5) is 9.59 Å². The van der Waals surface area contributed by atoms with Crippen molar-refractivity contribution in [3.8, 4) is 17.2 Å². The predicted molar refractivity (Wildman–Crippen MR) is 124 cm³/mol. The van der Waals surface area contributed by atoms with Crippen molar-refractivity contribution >= 4 is 35.2 Å². The minimum Gasteiger partial charge on any atom is -0.508 e. The molecule has 0 bridgehead atoms. The zero-order valence-electron chi connectivity index (χ0n) is 19.5. The van der Waals surface area contributed by atoms with Crippen LogP contribution in [0, 0.1) is 0 Å². The minimum absolute atomic E-state index is 0.0470. The molecule has 3 aromatic rings. The lowest BCUT2D eigenvalue weighted by molar-refractivity contribution is -0.138. The third kappa shape index (κ3) is 5.78. The molecule has 0 aliphatic carbocycles. The maximum atomic E-state index is 13.3. The second-order valence-electron chi connectivity index (χ2n) is 7.26. The van der Waals surface area contributed by atoms with Crippen molar-refractivity contribution in [3.63, 3.8) is 0 Å². The number of carbonyl (C=O) groups excluding carboxylic acids is 3. The highest BCUT2D eigenvalue weighted by Gasteiger charge is 2.33. The lowest BCUT2D eigenvalue weighted by Crippen LogP contribution is -2.28. The summed E-state index contributed by atoms with van der Waals surface area (Å²) in [6.45, 7) is 2.93. The van der Waals surface area contributed by atoms with Gasteiger partial charge in [0.15, 0.2) is 11.5 Å². The number of carboxylic acids is 1. The van der Waals surface area contributed by atoms with Crippen LogP contribution in [0.15, 0.2) is 45.6 Å². The Bertz CT molecular complexity index is 1420. The van der Waals surface area contributed by atoms with E-state index in [2.05, 4.69) is 0 Å². The molecule has 0 spiro atoms. The van der Waals surface area contributed by atoms with Crippen molar-refractivity contribution in [2.24, 2.45) is 5.73 Å². The van der Waals surface area contributed by atoms with E-state index in [-0.39, 0.29) is 35.5 Å². The number of aliphatic carboxylic acids is 1. The first-order chi connectivity index (χ1) is 17.6. The lowest BCUT2D eigenvalue weighted by Gasteiger charge is -2.16. The molecule has 3 rings (SSSR count). The van der Waals surface area contributed by atoms with Gasteiger partial charge in [0.25, 0.3) is 5.91 Å². The van der Waals surface area contributed by atoms with E-state index in [0.29, 0.717) is 0 Å². The van der Waals surface area contributed by atoms with Gasteiger partial charge in [-0.3, -0.25) is 14.4 Å². The van der Waals surface area contributed by atoms with Crippen LogP contribution in [0.3, 0.4) is 0 Å². The second-order valence-corrected chi connectivity index (χ2v) is 7.26. The van der Waals surface area contributed by atoms with Crippen molar-refractivity contribution < 1.29 is 52.8 Å². The smallest absolute Gasteiger partial charge is 0.508 e. The highest BCUT2D eigenvalue weighted by molar-refractivity contribution is 5.99. The average Bonchev–Trinajstić information content (AvgIpc) is 2.81. The van der Waals surface area contributed by atoms with Gasteiger partial charge < -0.3 is 39.3 Å². The molecule has 1 heterocycles. The van der Waals surface area contributed by atoms with Crippen LogP contribution < -0.4 is 20.6 Å². The number of aromatic hydroxyl groups is 1. The van der Waals surface area contributed by atoms with E-state index in [9.17, 15) is 34.2 Å². The number of nitrogens with two attached hydrogens (primary N) is 1. The van der Waals surface area contributed by atoms with Crippen LogP contribution >= 0.6 is 0 Å². The molecule has 0 saturated heterocycles. The number of amides is 1. The highest BCUT2D eigenvalue weighted by atomic mass is 16.7. The Morgan fingerprint density at radius 3 is 1.97 bits per heavy atom. The van der Waals surface area contributed by atoms with Gasteiger partial charge in [-0.25, -0.2) is 9.59 Å². The maximum absolute atomic E-state index is 13.3. The summed E-state index contributed by atoms with van der Waals surface area (Å²) < 4.78 is 25.2. The van der Waals surface area contributed by atoms with E-state index in [0.717, 1.165) is 12.1 Å². The summed E-state index contributed by atoms with van der Waals surface area (Å²) in [6.07, 6.45) is -2.37. The zero-order chi connectivity index (χ0) is 27.3. The van der Waals surface area contributed by atoms with E-state index in [1.165, 1.54) is 38.1 Å². The Kier molecular flexibility index (Phi) is 7.97. The Labute approximate surface area is 207 Å². The van der Waals surface area contributed by atoms with E-state index >= 15 is 0 Å². The molecule has 194 valence electrons. The molecule has 13 nitrogen and oxygen atoms in total. The number of ether oxygens (including phenoxy) is 4. The van der Waals surface area contributed by atoms with E-state index in [1.807, 2.05) is 0 Å². The fourth-order valence-electron chi connectivity index (χ4n) is 3.36. The number of hydrogen-bond donors (Lipinski definition) is 3. The molecule has 37 heavy (non-hydrogen) atoms. The Morgan fingerprint density at radius 2 is 1.49 bits per heavy atom. The number of fused-ring (bicyclic) bond motifs is 1. The number of phenolic OH excluding ortho intramolecular Hbond substituents is 1. The van der Waals surface area contributed by atoms with Crippen LogP contribution in [-0.2, 0) is 14.3 Å². The van der Waals surface area contributed by atoms with Gasteiger partial charge in [0, 0.05) is 6.07 Å². The summed E-state index contributed by atoms with van der Waals surface area (Å²) in [5.74, 6) is -6.12. The number of carbonyl (C=O) groups is 4. The topological polar surface area (TPSA) is 202 Å². The Balaban J connectivity index is 2.31.